The highest BCUT2D eigenvalue weighted by Crippen LogP contribution is 2.48. The van der Waals surface area contributed by atoms with Crippen LogP contribution in [0.15, 0.2) is 63.6 Å². The van der Waals surface area contributed by atoms with Gasteiger partial charge in [0.15, 0.2) is 23.4 Å². The van der Waals surface area contributed by atoms with Crippen LogP contribution in [0, 0.1) is 5.92 Å². The Kier molecular flexibility index (Phi) is 8.97. The van der Waals surface area contributed by atoms with Gasteiger partial charge in [0.05, 0.1) is 7.11 Å². The Bertz CT molecular complexity index is 2720. The first kappa shape index (κ1) is 37.6. The number of methoxy groups -OCH3 is 1. The van der Waals surface area contributed by atoms with Crippen molar-refractivity contribution >= 4 is 34.4 Å². The van der Waals surface area contributed by atoms with Crippen LogP contribution in [0.5, 0.6) is 11.5 Å². The lowest BCUT2D eigenvalue weighted by atomic mass is 9.84. The third kappa shape index (κ3) is 6.26. The first-order valence-electron chi connectivity index (χ1n) is 20.4. The standard InChI is InChI=1S/C45H44N6O9/c1-21(2)35-41-50-37-31(59-41)18-23-8-7-9-25(34-29(52)12-11-27-33(34)26(20-46-27)39-38(43(54)57-3)51-42(37)60-39)36(23)48-32-19-24-16-22(10-13-30(24)58-32)17-28(40(53)49-35)47-44(55)45(56)14-5-4-6-15-45/h7-13,16,20-21,28,32,35,46,48,52,56H,4-6,14-15,17-19H2,1-3H3,(H,47,55)(H,49,53)/t28-,32?,35-/m0/s1. The van der Waals surface area contributed by atoms with E-state index in [1.54, 1.807) is 18.3 Å². The third-order valence-corrected chi connectivity index (χ3v) is 12.3. The first-order valence-corrected chi connectivity index (χ1v) is 20.4. The highest BCUT2D eigenvalue weighted by molar-refractivity contribution is 6.11. The number of phenolic OH excluding ortho intramolecular Hbond substituents is 1. The highest BCUT2D eigenvalue weighted by Gasteiger charge is 2.40. The van der Waals surface area contributed by atoms with Crippen LogP contribution in [0.25, 0.3) is 44.9 Å². The zero-order chi connectivity index (χ0) is 41.4. The lowest BCUT2D eigenvalue weighted by Gasteiger charge is -2.32. The SMILES string of the molecule is COC(=O)c1nc2oc1-c1c[nH]c3ccc(O)c(c13)-c1cccc3c1NC1Cc4cc(ccc4O1)C[C@H](NC(=O)C1(O)CCCCC1)C(=O)N[C@@H](C(C)C)c1nc-2c(o1)C3. The normalized spacial score (nSPS) is 20.2. The molecule has 6 N–H and O–H groups in total. The van der Waals surface area contributed by atoms with E-state index in [9.17, 15) is 24.6 Å². The minimum absolute atomic E-state index is 0.00552. The number of anilines is 1. The molecule has 2 amide bonds. The average Bonchev–Trinajstić information content (AvgIpc) is 4.04. The quantitative estimate of drug-likeness (QED) is 0.106. The summed E-state index contributed by atoms with van der Waals surface area (Å²) in [6, 6.07) is 13.0. The van der Waals surface area contributed by atoms with Crippen LogP contribution in [-0.4, -0.2) is 67.9 Å². The molecule has 3 aromatic heterocycles. The number of H-pyrrole nitrogens is 1. The van der Waals surface area contributed by atoms with Crippen LogP contribution in [0.2, 0.25) is 0 Å². The largest absolute Gasteiger partial charge is 0.507 e. The van der Waals surface area contributed by atoms with Gasteiger partial charge < -0.3 is 49.5 Å². The number of ether oxygens (including phenoxy) is 2. The van der Waals surface area contributed by atoms with Crippen LogP contribution >= 0.6 is 0 Å². The van der Waals surface area contributed by atoms with Crippen molar-refractivity contribution < 1.29 is 42.9 Å². The summed E-state index contributed by atoms with van der Waals surface area (Å²) in [5, 5.41) is 33.4. The molecule has 15 nitrogen and oxygen atoms in total. The van der Waals surface area contributed by atoms with Gasteiger partial charge in [0.2, 0.25) is 17.7 Å². The molecule has 0 radical (unpaired) electrons. The number of oxazole rings is 2. The molecular formula is C45H44N6O9. The molecule has 6 aromatic rings. The lowest BCUT2D eigenvalue weighted by Crippen LogP contribution is -2.56. The van der Waals surface area contributed by atoms with E-state index in [2.05, 4.69) is 25.9 Å². The fraction of sp³-hybridized carbons (Fsp3) is 0.356. The van der Waals surface area contributed by atoms with Crippen LogP contribution in [0.4, 0.5) is 5.69 Å². The second-order valence-corrected chi connectivity index (χ2v) is 16.6. The maximum atomic E-state index is 14.5. The second kappa shape index (κ2) is 14.3. The van der Waals surface area contributed by atoms with Crippen LogP contribution < -0.4 is 20.7 Å². The molecule has 1 saturated carbocycles. The van der Waals surface area contributed by atoms with Crippen molar-refractivity contribution in [2.24, 2.45) is 5.92 Å². The maximum absolute atomic E-state index is 14.5. The highest BCUT2D eigenvalue weighted by atomic mass is 16.5. The van der Waals surface area contributed by atoms with E-state index >= 15 is 0 Å². The number of nitrogens with one attached hydrogen (secondary N) is 4. The van der Waals surface area contributed by atoms with E-state index < -0.39 is 41.7 Å². The summed E-state index contributed by atoms with van der Waals surface area (Å²) >= 11 is 0. The van der Waals surface area contributed by atoms with Gasteiger partial charge in [-0.15, -0.1) is 0 Å². The van der Waals surface area contributed by atoms with Gasteiger partial charge in [0.25, 0.3) is 5.91 Å². The molecule has 3 aliphatic heterocycles. The zero-order valence-corrected chi connectivity index (χ0v) is 33.3. The molecular weight excluding hydrogens is 769 g/mol. The molecule has 308 valence electrons. The number of esters is 1. The number of amides is 2. The fourth-order valence-corrected chi connectivity index (χ4v) is 9.13. The number of aromatic amines is 1. The molecule has 1 aliphatic carbocycles. The van der Waals surface area contributed by atoms with E-state index in [-0.39, 0.29) is 53.4 Å². The smallest absolute Gasteiger partial charge is 0.360 e. The second-order valence-electron chi connectivity index (χ2n) is 16.6. The molecule has 4 aliphatic rings. The Morgan fingerprint density at radius 1 is 0.983 bits per heavy atom. The predicted octanol–water partition coefficient (Wildman–Crippen LogP) is 6.46. The molecule has 60 heavy (non-hydrogen) atoms. The Balaban J connectivity index is 1.18. The fourth-order valence-electron chi connectivity index (χ4n) is 9.13. The van der Waals surface area contributed by atoms with Crippen molar-refractivity contribution in [2.45, 2.75) is 89.1 Å². The Morgan fingerprint density at radius 2 is 1.82 bits per heavy atom. The number of hydrogen-bond donors (Lipinski definition) is 6. The third-order valence-electron chi connectivity index (χ3n) is 12.3. The molecule has 10 bridgehead atoms. The Morgan fingerprint density at radius 3 is 2.62 bits per heavy atom. The summed E-state index contributed by atoms with van der Waals surface area (Å²) in [6.07, 6.45) is 4.88. The number of hydrogen-bond acceptors (Lipinski definition) is 12. The molecule has 10 rings (SSSR count). The number of fused-ring (bicyclic) bond motifs is 8. The Labute approximate surface area is 343 Å². The minimum atomic E-state index is -1.57. The molecule has 6 heterocycles. The van der Waals surface area contributed by atoms with Gasteiger partial charge in [-0.2, -0.15) is 4.98 Å². The summed E-state index contributed by atoms with van der Waals surface area (Å²) in [7, 11) is 1.26. The molecule has 1 fully saturated rings. The van der Waals surface area contributed by atoms with Crippen LogP contribution in [0.1, 0.15) is 90.8 Å². The van der Waals surface area contributed by atoms with E-state index in [4.69, 9.17) is 23.3 Å². The van der Waals surface area contributed by atoms with E-state index in [1.807, 2.05) is 50.2 Å². The van der Waals surface area contributed by atoms with Gasteiger partial charge >= 0.3 is 5.97 Å². The minimum Gasteiger partial charge on any atom is -0.507 e. The van der Waals surface area contributed by atoms with Crippen LogP contribution in [-0.2, 0) is 33.6 Å². The number of aromatic nitrogens is 3. The summed E-state index contributed by atoms with van der Waals surface area (Å²) in [5.74, 6) is -0.839. The van der Waals surface area contributed by atoms with E-state index in [1.165, 1.54) is 7.11 Å². The molecule has 0 saturated heterocycles. The van der Waals surface area contributed by atoms with Crippen molar-refractivity contribution in [1.82, 2.24) is 25.6 Å². The van der Waals surface area contributed by atoms with Gasteiger partial charge in [0, 0.05) is 64.3 Å². The van der Waals surface area contributed by atoms with Crippen molar-refractivity contribution in [1.29, 1.82) is 0 Å². The van der Waals surface area contributed by atoms with E-state index in [0.29, 0.717) is 76.9 Å². The van der Waals surface area contributed by atoms with Crippen molar-refractivity contribution in [2.75, 3.05) is 12.4 Å². The maximum Gasteiger partial charge on any atom is 0.360 e. The summed E-state index contributed by atoms with van der Waals surface area (Å²) < 4.78 is 24.8. The zero-order valence-electron chi connectivity index (χ0n) is 33.3. The first-order chi connectivity index (χ1) is 29.0. The average molecular weight is 813 g/mol. The number of phenols is 1. The topological polar surface area (TPSA) is 214 Å². The number of nitrogens with zero attached hydrogens (tertiary/aromatic N) is 2. The molecule has 0 spiro atoms. The molecule has 15 heteroatoms. The molecule has 3 atom stereocenters. The van der Waals surface area contributed by atoms with Crippen molar-refractivity contribution in [3.05, 3.63) is 88.8 Å². The predicted molar refractivity (Wildman–Crippen MR) is 218 cm³/mol. The number of benzene rings is 3. The molecule has 3 aromatic carbocycles. The number of rotatable bonds is 4. The molecule has 1 unspecified atom stereocenters. The van der Waals surface area contributed by atoms with Crippen LogP contribution in [0.3, 0.4) is 0 Å². The number of carbonyl (C=O) groups is 3. The monoisotopic (exact) mass is 812 g/mol. The summed E-state index contributed by atoms with van der Waals surface area (Å²) in [5.41, 5.74) is 3.94. The number of aromatic hydroxyl groups is 1. The summed E-state index contributed by atoms with van der Waals surface area (Å²) in [4.78, 5) is 54.6. The number of carbonyl (C=O) groups excluding carboxylic acids is 3. The number of aliphatic hydroxyl groups is 1. The van der Waals surface area contributed by atoms with Crippen molar-refractivity contribution in [3.8, 4) is 45.5 Å². The van der Waals surface area contributed by atoms with Gasteiger partial charge in [-0.1, -0.05) is 63.4 Å². The lowest BCUT2D eigenvalue weighted by molar-refractivity contribution is -0.145. The number of para-hydroxylation sites is 1. The van der Waals surface area contributed by atoms with Gasteiger partial charge in [-0.05, 0) is 48.1 Å². The van der Waals surface area contributed by atoms with Gasteiger partial charge in [0.1, 0.15) is 34.9 Å². The van der Waals surface area contributed by atoms with Gasteiger partial charge in [-0.25, -0.2) is 9.78 Å². The summed E-state index contributed by atoms with van der Waals surface area (Å²) in [6.45, 7) is 3.83. The van der Waals surface area contributed by atoms with E-state index in [0.717, 1.165) is 23.1 Å². The van der Waals surface area contributed by atoms with Gasteiger partial charge in [-0.3, -0.25) is 9.59 Å². The Hall–Kier alpha value is -6.61. The van der Waals surface area contributed by atoms with Crippen molar-refractivity contribution in [3.63, 3.8) is 0 Å².